The van der Waals surface area contributed by atoms with Gasteiger partial charge in [-0.3, -0.25) is 0 Å². The van der Waals surface area contributed by atoms with Gasteiger partial charge in [-0.05, 0) is 12.2 Å². The van der Waals surface area contributed by atoms with Gasteiger partial charge in [0.25, 0.3) is 0 Å². The Morgan fingerprint density at radius 1 is 1.80 bits per heavy atom. The van der Waals surface area contributed by atoms with Crippen molar-refractivity contribution in [3.63, 3.8) is 0 Å². The Hall–Kier alpha value is 0.170. The molecule has 4 heteroatoms. The summed E-state index contributed by atoms with van der Waals surface area (Å²) < 4.78 is 4.16. The Morgan fingerprint density at radius 3 is 2.80 bits per heavy atom. The first-order valence-electron chi connectivity index (χ1n) is 3.09. The monoisotopic (exact) mass is 180 g/mol. The zero-order valence-corrected chi connectivity index (χ0v) is 7.87. The van der Waals surface area contributed by atoms with Crippen molar-refractivity contribution >= 4 is 30.4 Å². The Kier molecular flexibility index (Phi) is 6.02. The van der Waals surface area contributed by atoms with Crippen LogP contribution in [0.15, 0.2) is 0 Å². The van der Waals surface area contributed by atoms with E-state index >= 15 is 0 Å². The summed E-state index contributed by atoms with van der Waals surface area (Å²) in [5.41, 5.74) is 0. The molecule has 0 aromatic carbocycles. The van der Waals surface area contributed by atoms with Crippen molar-refractivity contribution in [2.45, 2.75) is 17.9 Å². The van der Waals surface area contributed by atoms with Crippen LogP contribution in [-0.4, -0.2) is 23.4 Å². The SMILES string of the molecule is CCCS[C@H](S)C(=O)OC. The smallest absolute Gasteiger partial charge is 0.328 e. The molecule has 0 aliphatic heterocycles. The minimum Gasteiger partial charge on any atom is -0.468 e. The first kappa shape index (κ1) is 10.2. The molecule has 0 bridgehead atoms. The highest BCUT2D eigenvalue weighted by molar-refractivity contribution is 8.11. The second kappa shape index (κ2) is 5.92. The Bertz CT molecular complexity index is 106. The summed E-state index contributed by atoms with van der Waals surface area (Å²) in [4.78, 5) is 10.7. The van der Waals surface area contributed by atoms with Crippen LogP contribution in [0.1, 0.15) is 13.3 Å². The number of rotatable bonds is 4. The van der Waals surface area contributed by atoms with Gasteiger partial charge in [0, 0.05) is 0 Å². The molecule has 0 radical (unpaired) electrons. The highest BCUT2D eigenvalue weighted by Crippen LogP contribution is 2.16. The van der Waals surface area contributed by atoms with Crippen molar-refractivity contribution < 1.29 is 9.53 Å². The fraction of sp³-hybridized carbons (Fsp3) is 0.833. The number of methoxy groups -OCH3 is 1. The highest BCUT2D eigenvalue weighted by atomic mass is 32.2. The van der Waals surface area contributed by atoms with Gasteiger partial charge in [-0.1, -0.05) is 6.92 Å². The Morgan fingerprint density at radius 2 is 2.40 bits per heavy atom. The third-order valence-corrected chi connectivity index (χ3v) is 2.69. The summed E-state index contributed by atoms with van der Waals surface area (Å²) in [7, 11) is 1.37. The van der Waals surface area contributed by atoms with E-state index < -0.39 is 0 Å². The fourth-order valence-corrected chi connectivity index (χ4v) is 1.51. The van der Waals surface area contributed by atoms with E-state index in [0.29, 0.717) is 0 Å². The minimum atomic E-state index is -0.315. The maximum atomic E-state index is 10.7. The third kappa shape index (κ3) is 4.06. The van der Waals surface area contributed by atoms with Crippen molar-refractivity contribution in [1.29, 1.82) is 0 Å². The zero-order chi connectivity index (χ0) is 7.98. The van der Waals surface area contributed by atoms with Crippen LogP contribution in [0.25, 0.3) is 0 Å². The van der Waals surface area contributed by atoms with Crippen molar-refractivity contribution in [1.82, 2.24) is 0 Å². The van der Waals surface area contributed by atoms with E-state index in [1.807, 2.05) is 0 Å². The van der Waals surface area contributed by atoms with Crippen molar-refractivity contribution in [3.8, 4) is 0 Å². The maximum absolute atomic E-state index is 10.7. The van der Waals surface area contributed by atoms with Crippen LogP contribution in [0.2, 0.25) is 0 Å². The van der Waals surface area contributed by atoms with Crippen LogP contribution in [0.3, 0.4) is 0 Å². The molecule has 0 rings (SSSR count). The molecule has 1 atom stereocenters. The molecule has 0 fully saturated rings. The van der Waals surface area contributed by atoms with E-state index in [-0.39, 0.29) is 10.6 Å². The Labute approximate surface area is 71.1 Å². The van der Waals surface area contributed by atoms with Gasteiger partial charge in [0.05, 0.1) is 7.11 Å². The first-order valence-corrected chi connectivity index (χ1v) is 4.66. The predicted molar refractivity (Wildman–Crippen MR) is 47.5 cm³/mol. The van der Waals surface area contributed by atoms with Gasteiger partial charge in [0.2, 0.25) is 0 Å². The van der Waals surface area contributed by atoms with E-state index in [4.69, 9.17) is 0 Å². The minimum absolute atomic E-state index is 0.262. The van der Waals surface area contributed by atoms with E-state index in [9.17, 15) is 4.79 Å². The standard InChI is InChI=1S/C6H12O2S2/c1-3-4-10-6(9)5(7)8-2/h6,9H,3-4H2,1-2H3/t6-/m0/s1. The van der Waals surface area contributed by atoms with Gasteiger partial charge in [0.1, 0.15) is 4.58 Å². The summed E-state index contributed by atoms with van der Waals surface area (Å²) in [6, 6.07) is 0. The van der Waals surface area contributed by atoms with Crippen LogP contribution >= 0.6 is 24.4 Å². The molecule has 0 unspecified atom stereocenters. The lowest BCUT2D eigenvalue weighted by molar-refractivity contribution is -0.138. The lowest BCUT2D eigenvalue weighted by Gasteiger charge is -2.05. The van der Waals surface area contributed by atoms with Crippen molar-refractivity contribution in [2.75, 3.05) is 12.9 Å². The van der Waals surface area contributed by atoms with E-state index in [1.54, 1.807) is 0 Å². The molecule has 0 amide bonds. The van der Waals surface area contributed by atoms with Gasteiger partial charge in [0.15, 0.2) is 0 Å². The third-order valence-electron chi connectivity index (χ3n) is 0.883. The normalized spacial score (nSPS) is 12.7. The van der Waals surface area contributed by atoms with Gasteiger partial charge in [-0.25, -0.2) is 4.79 Å². The molecule has 60 valence electrons. The topological polar surface area (TPSA) is 26.3 Å². The van der Waals surface area contributed by atoms with Crippen molar-refractivity contribution in [2.24, 2.45) is 0 Å². The summed E-state index contributed by atoms with van der Waals surface area (Å²) >= 11 is 5.53. The predicted octanol–water partition coefficient (Wildman–Crippen LogP) is 1.56. The zero-order valence-electron chi connectivity index (χ0n) is 6.16. The van der Waals surface area contributed by atoms with Crippen molar-refractivity contribution in [3.05, 3.63) is 0 Å². The average molecular weight is 180 g/mol. The summed E-state index contributed by atoms with van der Waals surface area (Å²) in [6.45, 7) is 2.06. The number of thioether (sulfide) groups is 1. The molecule has 0 aromatic heterocycles. The van der Waals surface area contributed by atoms with E-state index in [0.717, 1.165) is 12.2 Å². The Balaban J connectivity index is 3.41. The van der Waals surface area contributed by atoms with E-state index in [1.165, 1.54) is 18.9 Å². The lowest BCUT2D eigenvalue weighted by Crippen LogP contribution is -2.12. The van der Waals surface area contributed by atoms with Crippen LogP contribution < -0.4 is 0 Å². The molecular weight excluding hydrogens is 168 g/mol. The van der Waals surface area contributed by atoms with Gasteiger partial charge >= 0.3 is 5.97 Å². The molecule has 0 spiro atoms. The van der Waals surface area contributed by atoms with Gasteiger partial charge in [-0.2, -0.15) is 12.6 Å². The average Bonchev–Trinajstić information content (AvgIpc) is 1.98. The van der Waals surface area contributed by atoms with Gasteiger partial charge < -0.3 is 4.74 Å². The molecule has 0 heterocycles. The fourth-order valence-electron chi connectivity index (χ4n) is 0.398. The van der Waals surface area contributed by atoms with Gasteiger partial charge in [-0.15, -0.1) is 11.8 Å². The lowest BCUT2D eigenvalue weighted by atomic mass is 10.6. The number of carbonyl (C=O) groups is 1. The summed E-state index contributed by atoms with van der Waals surface area (Å²) in [5.74, 6) is 0.685. The molecule has 0 aliphatic rings. The van der Waals surface area contributed by atoms with Crippen LogP contribution in [-0.2, 0) is 9.53 Å². The van der Waals surface area contributed by atoms with Crippen LogP contribution in [0.5, 0.6) is 0 Å². The second-order valence-corrected chi connectivity index (χ2v) is 3.83. The summed E-state index contributed by atoms with van der Waals surface area (Å²) in [6.07, 6.45) is 1.05. The highest BCUT2D eigenvalue weighted by Gasteiger charge is 2.12. The first-order chi connectivity index (χ1) is 4.72. The quantitative estimate of drug-likeness (QED) is 0.404. The van der Waals surface area contributed by atoms with E-state index in [2.05, 4.69) is 24.3 Å². The molecule has 0 aromatic rings. The molecule has 10 heavy (non-hydrogen) atoms. The molecule has 0 saturated heterocycles. The molecule has 0 aliphatic carbocycles. The molecule has 0 N–H and O–H groups in total. The number of ether oxygens (including phenoxy) is 1. The number of thiol groups is 1. The number of esters is 1. The number of carbonyl (C=O) groups excluding carboxylic acids is 1. The number of hydrogen-bond acceptors (Lipinski definition) is 4. The van der Waals surface area contributed by atoms with Crippen LogP contribution in [0.4, 0.5) is 0 Å². The summed E-state index contributed by atoms with van der Waals surface area (Å²) in [5, 5.41) is 0. The second-order valence-electron chi connectivity index (χ2n) is 1.75. The molecule has 2 nitrogen and oxygen atoms in total. The molecular formula is C6H12O2S2. The largest absolute Gasteiger partial charge is 0.468 e. The van der Waals surface area contributed by atoms with Crippen LogP contribution in [0, 0.1) is 0 Å². The number of hydrogen-bond donors (Lipinski definition) is 1. The molecule has 0 saturated carbocycles. The maximum Gasteiger partial charge on any atom is 0.328 e.